The lowest BCUT2D eigenvalue weighted by atomic mass is 9.82. The Morgan fingerprint density at radius 3 is 2.76 bits per heavy atom. The molecule has 0 radical (unpaired) electrons. The van der Waals surface area contributed by atoms with E-state index in [0.717, 1.165) is 24.1 Å². The second kappa shape index (κ2) is 8.13. The number of amides is 1. The molecule has 1 aromatic rings. The maximum atomic E-state index is 12.2. The fourth-order valence-electron chi connectivity index (χ4n) is 3.15. The molecule has 1 unspecified atom stereocenters. The number of aliphatic hydroxyl groups is 1. The number of carbonyl (C=O) groups excluding carboxylic acids is 1. The monoisotopic (exact) mass is 290 g/mol. The molecule has 1 aliphatic carbocycles. The number of nitrogens with zero attached hydrogens (tertiary/aromatic N) is 1. The second-order valence-corrected chi connectivity index (χ2v) is 6.07. The highest BCUT2D eigenvalue weighted by Crippen LogP contribution is 2.27. The predicted octanol–water partition coefficient (Wildman–Crippen LogP) is 2.38. The van der Waals surface area contributed by atoms with Crippen LogP contribution in [0.1, 0.15) is 49.8 Å². The molecule has 1 heterocycles. The molecule has 1 amide bonds. The van der Waals surface area contributed by atoms with Crippen LogP contribution in [0.25, 0.3) is 0 Å². The molecule has 1 fully saturated rings. The minimum absolute atomic E-state index is 0.0321. The summed E-state index contributed by atoms with van der Waals surface area (Å²) in [4.78, 5) is 16.4. The number of hydrogen-bond acceptors (Lipinski definition) is 3. The molecular formula is C17H26N2O2. The smallest absolute Gasteiger partial charge is 0.224 e. The molecule has 2 rings (SSSR count). The van der Waals surface area contributed by atoms with Crippen molar-refractivity contribution in [2.24, 2.45) is 5.92 Å². The van der Waals surface area contributed by atoms with Gasteiger partial charge in [-0.2, -0.15) is 0 Å². The molecule has 0 spiro atoms. The number of aliphatic hydroxyl groups excluding tert-OH is 1. The molecule has 0 aliphatic heterocycles. The molecule has 1 aliphatic rings. The van der Waals surface area contributed by atoms with Gasteiger partial charge in [-0.05, 0) is 43.7 Å². The van der Waals surface area contributed by atoms with Crippen molar-refractivity contribution in [3.05, 3.63) is 29.6 Å². The highest BCUT2D eigenvalue weighted by atomic mass is 16.3. The Balaban J connectivity index is 1.89. The molecule has 1 saturated carbocycles. The molecule has 0 saturated heterocycles. The molecule has 4 nitrogen and oxygen atoms in total. The molecule has 1 aromatic heterocycles. The first-order valence-electron chi connectivity index (χ1n) is 8.01. The highest BCUT2D eigenvalue weighted by molar-refractivity contribution is 5.78. The van der Waals surface area contributed by atoms with E-state index >= 15 is 0 Å². The van der Waals surface area contributed by atoms with Gasteiger partial charge in [0.1, 0.15) is 0 Å². The van der Waals surface area contributed by atoms with Crippen LogP contribution in [0.3, 0.4) is 0 Å². The third-order valence-corrected chi connectivity index (χ3v) is 4.34. The Labute approximate surface area is 127 Å². The number of pyridine rings is 1. The maximum absolute atomic E-state index is 12.2. The van der Waals surface area contributed by atoms with Gasteiger partial charge in [0, 0.05) is 24.5 Å². The lowest BCUT2D eigenvalue weighted by molar-refractivity contribution is -0.121. The first-order valence-corrected chi connectivity index (χ1v) is 8.01. The van der Waals surface area contributed by atoms with E-state index in [2.05, 4.69) is 10.3 Å². The van der Waals surface area contributed by atoms with Crippen LogP contribution < -0.4 is 5.32 Å². The summed E-state index contributed by atoms with van der Waals surface area (Å²) in [5, 5.41) is 12.4. The third kappa shape index (κ3) is 5.12. The zero-order chi connectivity index (χ0) is 15.1. The van der Waals surface area contributed by atoms with Gasteiger partial charge in [-0.15, -0.1) is 0 Å². The molecule has 1 atom stereocenters. The summed E-state index contributed by atoms with van der Waals surface area (Å²) in [5.74, 6) is 0.552. The van der Waals surface area contributed by atoms with E-state index in [1.807, 2.05) is 19.1 Å². The molecule has 21 heavy (non-hydrogen) atoms. The Kier molecular flexibility index (Phi) is 6.18. The van der Waals surface area contributed by atoms with Gasteiger partial charge in [0.05, 0.1) is 6.42 Å². The molecule has 116 valence electrons. The summed E-state index contributed by atoms with van der Waals surface area (Å²) in [5.41, 5.74) is 1.89. The van der Waals surface area contributed by atoms with E-state index in [0.29, 0.717) is 18.8 Å². The van der Waals surface area contributed by atoms with Crippen LogP contribution >= 0.6 is 0 Å². The topological polar surface area (TPSA) is 62.2 Å². The standard InChI is InChI=1S/C17H26N2O2/c1-13-7-8-14(12-18-13)11-17(21)19-16(9-10-20)15-5-3-2-4-6-15/h7-8,12,15-16,20H,2-6,9-11H2,1H3,(H,19,21). The molecule has 4 heteroatoms. The van der Waals surface area contributed by atoms with Crippen LogP contribution in [0.5, 0.6) is 0 Å². The van der Waals surface area contributed by atoms with Crippen LogP contribution in [0.15, 0.2) is 18.3 Å². The van der Waals surface area contributed by atoms with Crippen molar-refractivity contribution in [1.82, 2.24) is 10.3 Å². The van der Waals surface area contributed by atoms with E-state index in [-0.39, 0.29) is 18.6 Å². The number of hydrogen-bond donors (Lipinski definition) is 2. The lowest BCUT2D eigenvalue weighted by Crippen LogP contribution is -2.42. The summed E-state index contributed by atoms with van der Waals surface area (Å²) in [6.07, 6.45) is 8.88. The number of carbonyl (C=O) groups is 1. The zero-order valence-corrected chi connectivity index (χ0v) is 12.8. The van der Waals surface area contributed by atoms with Gasteiger partial charge in [-0.1, -0.05) is 25.3 Å². The quantitative estimate of drug-likeness (QED) is 0.845. The van der Waals surface area contributed by atoms with Gasteiger partial charge < -0.3 is 10.4 Å². The minimum Gasteiger partial charge on any atom is -0.396 e. The number of aromatic nitrogens is 1. The third-order valence-electron chi connectivity index (χ3n) is 4.34. The Hall–Kier alpha value is -1.42. The van der Waals surface area contributed by atoms with Crippen molar-refractivity contribution in [3.63, 3.8) is 0 Å². The van der Waals surface area contributed by atoms with E-state index in [1.165, 1.54) is 19.3 Å². The van der Waals surface area contributed by atoms with Gasteiger partial charge in [0.25, 0.3) is 0 Å². The van der Waals surface area contributed by atoms with Crippen LogP contribution in [0, 0.1) is 12.8 Å². The van der Waals surface area contributed by atoms with Crippen LogP contribution in [-0.4, -0.2) is 28.6 Å². The average molecular weight is 290 g/mol. The second-order valence-electron chi connectivity index (χ2n) is 6.07. The van der Waals surface area contributed by atoms with E-state index in [1.54, 1.807) is 6.20 Å². The van der Waals surface area contributed by atoms with Crippen molar-refractivity contribution >= 4 is 5.91 Å². The minimum atomic E-state index is 0.0321. The van der Waals surface area contributed by atoms with Crippen molar-refractivity contribution in [2.45, 2.75) is 57.9 Å². The summed E-state index contributed by atoms with van der Waals surface area (Å²) >= 11 is 0. The van der Waals surface area contributed by atoms with E-state index < -0.39 is 0 Å². The molecular weight excluding hydrogens is 264 g/mol. The summed E-state index contributed by atoms with van der Waals surface area (Å²) in [6.45, 7) is 2.07. The zero-order valence-electron chi connectivity index (χ0n) is 12.8. The summed E-state index contributed by atoms with van der Waals surface area (Å²) < 4.78 is 0. The van der Waals surface area contributed by atoms with Crippen molar-refractivity contribution in [3.8, 4) is 0 Å². The predicted molar refractivity (Wildman–Crippen MR) is 82.9 cm³/mol. The average Bonchev–Trinajstić information content (AvgIpc) is 2.50. The fraction of sp³-hybridized carbons (Fsp3) is 0.647. The van der Waals surface area contributed by atoms with Gasteiger partial charge in [0.15, 0.2) is 0 Å². The van der Waals surface area contributed by atoms with Gasteiger partial charge in [-0.25, -0.2) is 0 Å². The summed E-state index contributed by atoms with van der Waals surface area (Å²) in [7, 11) is 0. The lowest BCUT2D eigenvalue weighted by Gasteiger charge is -2.30. The molecule has 2 N–H and O–H groups in total. The fourth-order valence-corrected chi connectivity index (χ4v) is 3.15. The van der Waals surface area contributed by atoms with Crippen molar-refractivity contribution in [1.29, 1.82) is 0 Å². The van der Waals surface area contributed by atoms with Crippen molar-refractivity contribution in [2.75, 3.05) is 6.61 Å². The normalized spacial score (nSPS) is 17.4. The van der Waals surface area contributed by atoms with Gasteiger partial charge in [-0.3, -0.25) is 9.78 Å². The van der Waals surface area contributed by atoms with E-state index in [9.17, 15) is 9.90 Å². The maximum Gasteiger partial charge on any atom is 0.224 e. The van der Waals surface area contributed by atoms with Gasteiger partial charge >= 0.3 is 0 Å². The van der Waals surface area contributed by atoms with Gasteiger partial charge in [0.2, 0.25) is 5.91 Å². The number of nitrogens with one attached hydrogen (secondary N) is 1. The summed E-state index contributed by atoms with van der Waals surface area (Å²) in [6, 6.07) is 3.99. The molecule has 0 bridgehead atoms. The highest BCUT2D eigenvalue weighted by Gasteiger charge is 2.24. The SMILES string of the molecule is Cc1ccc(CC(=O)NC(CCO)C2CCCCC2)cn1. The van der Waals surface area contributed by atoms with Crippen LogP contribution in [0.4, 0.5) is 0 Å². The number of rotatable bonds is 6. The first kappa shape index (κ1) is 16.0. The Morgan fingerprint density at radius 2 is 2.14 bits per heavy atom. The van der Waals surface area contributed by atoms with Crippen LogP contribution in [0.2, 0.25) is 0 Å². The Morgan fingerprint density at radius 1 is 1.38 bits per heavy atom. The van der Waals surface area contributed by atoms with Crippen LogP contribution in [-0.2, 0) is 11.2 Å². The molecule has 0 aromatic carbocycles. The van der Waals surface area contributed by atoms with Crippen molar-refractivity contribution < 1.29 is 9.90 Å². The van der Waals surface area contributed by atoms with E-state index in [4.69, 9.17) is 0 Å². The number of aryl methyl sites for hydroxylation is 1. The largest absolute Gasteiger partial charge is 0.396 e. The first-order chi connectivity index (χ1) is 10.2. The Bertz CT molecular complexity index is 439.